The second-order valence-corrected chi connectivity index (χ2v) is 10.2. The molecule has 1 heterocycles. The van der Waals surface area contributed by atoms with Crippen molar-refractivity contribution in [1.82, 2.24) is 9.62 Å². The molecule has 0 atom stereocenters. The van der Waals surface area contributed by atoms with E-state index in [0.29, 0.717) is 31.3 Å². The van der Waals surface area contributed by atoms with Gasteiger partial charge in [0.1, 0.15) is 0 Å². The summed E-state index contributed by atoms with van der Waals surface area (Å²) in [6.07, 6.45) is 6.02. The highest BCUT2D eigenvalue weighted by molar-refractivity contribution is 7.89. The summed E-state index contributed by atoms with van der Waals surface area (Å²) in [5.74, 6) is -0.181. The molecule has 1 aliphatic carbocycles. The molecule has 1 amide bonds. The average molecular weight is 461 g/mol. The zero-order valence-electron chi connectivity index (χ0n) is 17.1. The summed E-state index contributed by atoms with van der Waals surface area (Å²) in [6, 6.07) is 14.1. The SMILES string of the molecule is O=C(/C=C/c1ccc(S(=O)(=O)N2CCOCC2)cc1)NC1(c2ccc(Cl)cc2)CCC1. The minimum atomic E-state index is -3.52. The normalized spacial score (nSPS) is 19.1. The highest BCUT2D eigenvalue weighted by atomic mass is 35.5. The molecule has 6 nitrogen and oxygen atoms in total. The van der Waals surface area contributed by atoms with E-state index in [1.54, 1.807) is 30.3 Å². The molecule has 0 radical (unpaired) electrons. The fourth-order valence-electron chi connectivity index (χ4n) is 3.92. The number of morpholine rings is 1. The summed E-state index contributed by atoms with van der Waals surface area (Å²) in [7, 11) is -3.52. The van der Waals surface area contributed by atoms with Crippen LogP contribution in [0.3, 0.4) is 0 Å². The number of carbonyl (C=O) groups excluding carboxylic acids is 1. The van der Waals surface area contributed by atoms with Gasteiger partial charge in [-0.3, -0.25) is 4.79 Å². The zero-order chi connectivity index (χ0) is 21.9. The Morgan fingerprint density at radius 2 is 1.68 bits per heavy atom. The second kappa shape index (κ2) is 9.12. The standard InChI is InChI=1S/C23H25ClN2O4S/c24-20-7-5-19(6-8-20)23(12-1-13-23)25-22(27)11-4-18-2-9-21(10-3-18)31(28,29)26-14-16-30-17-15-26/h2-11H,1,12-17H2,(H,25,27)/b11-4+. The first kappa shape index (κ1) is 22.0. The van der Waals surface area contributed by atoms with Crippen LogP contribution >= 0.6 is 11.6 Å². The molecule has 0 unspecified atom stereocenters. The summed E-state index contributed by atoms with van der Waals surface area (Å²) >= 11 is 5.99. The lowest BCUT2D eigenvalue weighted by molar-refractivity contribution is -0.119. The van der Waals surface area contributed by atoms with Crippen molar-refractivity contribution in [2.45, 2.75) is 29.7 Å². The maximum atomic E-state index is 12.7. The molecule has 0 aromatic heterocycles. The molecule has 31 heavy (non-hydrogen) atoms. The molecule has 1 N–H and O–H groups in total. The maximum Gasteiger partial charge on any atom is 0.244 e. The Bertz CT molecular complexity index is 1060. The summed E-state index contributed by atoms with van der Waals surface area (Å²) in [5.41, 5.74) is 1.47. The number of nitrogens with one attached hydrogen (secondary N) is 1. The van der Waals surface area contributed by atoms with Crippen molar-refractivity contribution in [1.29, 1.82) is 0 Å². The van der Waals surface area contributed by atoms with Crippen LogP contribution in [0.4, 0.5) is 0 Å². The summed E-state index contributed by atoms with van der Waals surface area (Å²) in [4.78, 5) is 12.8. The summed E-state index contributed by atoms with van der Waals surface area (Å²) < 4.78 is 32.1. The van der Waals surface area contributed by atoms with Gasteiger partial charge < -0.3 is 10.1 Å². The molecular weight excluding hydrogens is 436 g/mol. The summed E-state index contributed by atoms with van der Waals surface area (Å²) in [6.45, 7) is 1.54. The van der Waals surface area contributed by atoms with Crippen LogP contribution in [0.15, 0.2) is 59.5 Å². The number of hydrogen-bond acceptors (Lipinski definition) is 4. The Morgan fingerprint density at radius 1 is 1.03 bits per heavy atom. The van der Waals surface area contributed by atoms with E-state index in [4.69, 9.17) is 16.3 Å². The van der Waals surface area contributed by atoms with Gasteiger partial charge in [0.15, 0.2) is 0 Å². The molecule has 2 aromatic carbocycles. The smallest absolute Gasteiger partial charge is 0.244 e. The first-order valence-corrected chi connectivity index (χ1v) is 12.2. The van der Waals surface area contributed by atoms with Crippen LogP contribution in [0, 0.1) is 0 Å². The Kier molecular flexibility index (Phi) is 6.48. The van der Waals surface area contributed by atoms with E-state index in [2.05, 4.69) is 5.32 Å². The molecular formula is C23H25ClN2O4S. The third kappa shape index (κ3) is 4.85. The topological polar surface area (TPSA) is 75.7 Å². The highest BCUT2D eigenvalue weighted by Gasteiger charge is 2.39. The highest BCUT2D eigenvalue weighted by Crippen LogP contribution is 2.41. The Balaban J connectivity index is 1.41. The number of ether oxygens (including phenoxy) is 1. The quantitative estimate of drug-likeness (QED) is 0.668. The second-order valence-electron chi connectivity index (χ2n) is 7.85. The number of benzene rings is 2. The molecule has 0 bridgehead atoms. The minimum Gasteiger partial charge on any atom is -0.379 e. The predicted molar refractivity (Wildman–Crippen MR) is 120 cm³/mol. The van der Waals surface area contributed by atoms with Gasteiger partial charge in [-0.1, -0.05) is 35.9 Å². The Morgan fingerprint density at radius 3 is 2.26 bits per heavy atom. The van der Waals surface area contributed by atoms with E-state index in [-0.39, 0.29) is 16.3 Å². The van der Waals surface area contributed by atoms with Crippen molar-refractivity contribution in [3.05, 3.63) is 70.8 Å². The maximum absolute atomic E-state index is 12.7. The molecule has 164 valence electrons. The van der Waals surface area contributed by atoms with Crippen LogP contribution in [0.5, 0.6) is 0 Å². The van der Waals surface area contributed by atoms with E-state index in [9.17, 15) is 13.2 Å². The van der Waals surface area contributed by atoms with Crippen molar-refractivity contribution in [3.8, 4) is 0 Å². The van der Waals surface area contributed by atoms with Crippen LogP contribution in [0.25, 0.3) is 6.08 Å². The van der Waals surface area contributed by atoms with E-state index < -0.39 is 10.0 Å². The number of halogens is 1. The van der Waals surface area contributed by atoms with Gasteiger partial charge >= 0.3 is 0 Å². The molecule has 2 aromatic rings. The molecule has 1 aliphatic heterocycles. The van der Waals surface area contributed by atoms with Crippen molar-refractivity contribution in [2.75, 3.05) is 26.3 Å². The van der Waals surface area contributed by atoms with Gasteiger partial charge in [0.05, 0.1) is 23.6 Å². The van der Waals surface area contributed by atoms with Gasteiger partial charge in [-0.05, 0) is 60.7 Å². The lowest BCUT2D eigenvalue weighted by atomic mass is 9.72. The lowest BCUT2D eigenvalue weighted by Crippen LogP contribution is -2.50. The third-order valence-electron chi connectivity index (χ3n) is 5.88. The number of hydrogen-bond donors (Lipinski definition) is 1. The monoisotopic (exact) mass is 460 g/mol. The number of carbonyl (C=O) groups is 1. The number of sulfonamides is 1. The van der Waals surface area contributed by atoms with Gasteiger partial charge in [0, 0.05) is 24.2 Å². The van der Waals surface area contributed by atoms with E-state index in [1.807, 2.05) is 24.3 Å². The van der Waals surface area contributed by atoms with E-state index in [0.717, 1.165) is 30.4 Å². The van der Waals surface area contributed by atoms with Gasteiger partial charge in [-0.2, -0.15) is 4.31 Å². The van der Waals surface area contributed by atoms with Crippen LogP contribution in [0.2, 0.25) is 5.02 Å². The van der Waals surface area contributed by atoms with Gasteiger partial charge in [-0.25, -0.2) is 8.42 Å². The van der Waals surface area contributed by atoms with Gasteiger partial charge in [-0.15, -0.1) is 0 Å². The van der Waals surface area contributed by atoms with Crippen molar-refractivity contribution in [3.63, 3.8) is 0 Å². The lowest BCUT2D eigenvalue weighted by Gasteiger charge is -2.43. The predicted octanol–water partition coefficient (Wildman–Crippen LogP) is 3.57. The Hall–Kier alpha value is -2.19. The molecule has 0 spiro atoms. The van der Waals surface area contributed by atoms with Crippen molar-refractivity contribution >= 4 is 33.6 Å². The van der Waals surface area contributed by atoms with E-state index in [1.165, 1.54) is 10.4 Å². The molecule has 2 fully saturated rings. The first-order valence-electron chi connectivity index (χ1n) is 10.3. The fraction of sp³-hybridized carbons (Fsp3) is 0.348. The third-order valence-corrected chi connectivity index (χ3v) is 8.05. The van der Waals surface area contributed by atoms with E-state index >= 15 is 0 Å². The number of nitrogens with zero attached hydrogens (tertiary/aromatic N) is 1. The van der Waals surface area contributed by atoms with Crippen LogP contribution in [-0.2, 0) is 25.1 Å². The molecule has 2 aliphatic rings. The molecule has 4 rings (SSSR count). The van der Waals surface area contributed by atoms with Crippen LogP contribution < -0.4 is 5.32 Å². The largest absolute Gasteiger partial charge is 0.379 e. The molecule has 8 heteroatoms. The van der Waals surface area contributed by atoms with Crippen molar-refractivity contribution in [2.24, 2.45) is 0 Å². The fourth-order valence-corrected chi connectivity index (χ4v) is 5.46. The van der Waals surface area contributed by atoms with Crippen LogP contribution in [0.1, 0.15) is 30.4 Å². The van der Waals surface area contributed by atoms with Gasteiger partial charge in [0.2, 0.25) is 15.9 Å². The molecule has 1 saturated heterocycles. The van der Waals surface area contributed by atoms with Crippen molar-refractivity contribution < 1.29 is 17.9 Å². The Labute approximate surface area is 187 Å². The average Bonchev–Trinajstić information content (AvgIpc) is 2.76. The zero-order valence-corrected chi connectivity index (χ0v) is 18.7. The van der Waals surface area contributed by atoms with Crippen LogP contribution in [-0.4, -0.2) is 44.9 Å². The minimum absolute atomic E-state index is 0.181. The first-order chi connectivity index (χ1) is 14.9. The number of rotatable bonds is 6. The van der Waals surface area contributed by atoms with Gasteiger partial charge in [0.25, 0.3) is 0 Å². The molecule has 1 saturated carbocycles. The summed E-state index contributed by atoms with van der Waals surface area (Å²) in [5, 5.41) is 3.80. The number of amides is 1.